The molecule has 0 radical (unpaired) electrons. The van der Waals surface area contributed by atoms with E-state index < -0.39 is 16.1 Å². The maximum absolute atomic E-state index is 12.2. The van der Waals surface area contributed by atoms with Crippen molar-refractivity contribution in [2.24, 2.45) is 0 Å². The zero-order chi connectivity index (χ0) is 15.5. The predicted octanol–water partition coefficient (Wildman–Crippen LogP) is 1.22. The highest BCUT2D eigenvalue weighted by Crippen LogP contribution is 2.24. The normalized spacial score (nSPS) is 13.2. The number of anilines is 1. The van der Waals surface area contributed by atoms with Crippen molar-refractivity contribution >= 4 is 37.5 Å². The number of nitrogens with one attached hydrogen (secondary N) is 2. The molecule has 1 atom stereocenters. The SMILES string of the molecule is CC(C)NC(=O)C(C)NS(=O)(=O)c1ccc(N)cc1Br. The summed E-state index contributed by atoms with van der Waals surface area (Å²) in [5.74, 6) is -0.379. The van der Waals surface area contributed by atoms with Gasteiger partial charge in [-0.1, -0.05) is 0 Å². The second kappa shape index (κ2) is 6.55. The third-order valence-electron chi connectivity index (χ3n) is 2.40. The van der Waals surface area contributed by atoms with E-state index in [1.165, 1.54) is 25.1 Å². The van der Waals surface area contributed by atoms with Gasteiger partial charge in [0, 0.05) is 16.2 Å². The lowest BCUT2D eigenvalue weighted by Gasteiger charge is -2.16. The molecular weight excluding hydrogens is 346 g/mol. The number of hydrogen-bond donors (Lipinski definition) is 3. The Morgan fingerprint density at radius 3 is 2.40 bits per heavy atom. The fraction of sp³-hybridized carbons (Fsp3) is 0.417. The van der Waals surface area contributed by atoms with Gasteiger partial charge in [0.25, 0.3) is 0 Å². The van der Waals surface area contributed by atoms with Crippen LogP contribution in [0.25, 0.3) is 0 Å². The number of halogens is 1. The molecule has 0 aliphatic carbocycles. The number of carbonyl (C=O) groups excluding carboxylic acids is 1. The summed E-state index contributed by atoms with van der Waals surface area (Å²) in [5.41, 5.74) is 6.01. The van der Waals surface area contributed by atoms with Crippen LogP contribution in [0.3, 0.4) is 0 Å². The predicted molar refractivity (Wildman–Crippen MR) is 81.6 cm³/mol. The van der Waals surface area contributed by atoms with Crippen molar-refractivity contribution in [2.75, 3.05) is 5.73 Å². The van der Waals surface area contributed by atoms with Crippen LogP contribution in [-0.2, 0) is 14.8 Å². The van der Waals surface area contributed by atoms with Gasteiger partial charge in [-0.05, 0) is 54.9 Å². The minimum Gasteiger partial charge on any atom is -0.399 e. The first-order valence-electron chi connectivity index (χ1n) is 6.01. The number of nitrogen functional groups attached to an aromatic ring is 1. The monoisotopic (exact) mass is 363 g/mol. The van der Waals surface area contributed by atoms with E-state index >= 15 is 0 Å². The average Bonchev–Trinajstić information content (AvgIpc) is 2.26. The molecule has 0 aromatic heterocycles. The molecule has 1 aromatic carbocycles. The van der Waals surface area contributed by atoms with E-state index in [9.17, 15) is 13.2 Å². The molecule has 0 saturated heterocycles. The Kier molecular flexibility index (Phi) is 5.55. The second-order valence-electron chi connectivity index (χ2n) is 4.70. The van der Waals surface area contributed by atoms with Crippen LogP contribution in [0.1, 0.15) is 20.8 Å². The maximum Gasteiger partial charge on any atom is 0.242 e. The van der Waals surface area contributed by atoms with E-state index in [-0.39, 0.29) is 16.8 Å². The van der Waals surface area contributed by atoms with Gasteiger partial charge >= 0.3 is 0 Å². The molecule has 4 N–H and O–H groups in total. The van der Waals surface area contributed by atoms with Crippen molar-refractivity contribution in [3.05, 3.63) is 22.7 Å². The lowest BCUT2D eigenvalue weighted by atomic mass is 10.3. The molecule has 0 aliphatic rings. The van der Waals surface area contributed by atoms with E-state index in [4.69, 9.17) is 5.73 Å². The number of sulfonamides is 1. The standard InChI is InChI=1S/C12H18BrN3O3S/c1-7(2)15-12(17)8(3)16-20(18,19)11-5-4-9(14)6-10(11)13/h4-8,16H,14H2,1-3H3,(H,15,17). The molecule has 0 heterocycles. The Morgan fingerprint density at radius 1 is 1.30 bits per heavy atom. The molecule has 0 fully saturated rings. The van der Waals surface area contributed by atoms with Crippen molar-refractivity contribution in [1.29, 1.82) is 0 Å². The first kappa shape index (κ1) is 16.9. The molecule has 20 heavy (non-hydrogen) atoms. The minimum absolute atomic E-state index is 0.0379. The Bertz CT molecular complexity index is 602. The first-order valence-corrected chi connectivity index (χ1v) is 8.29. The van der Waals surface area contributed by atoms with Crippen LogP contribution in [0, 0.1) is 0 Å². The molecule has 0 saturated carbocycles. The molecule has 112 valence electrons. The fourth-order valence-electron chi connectivity index (χ4n) is 1.49. The zero-order valence-electron chi connectivity index (χ0n) is 11.5. The number of carbonyl (C=O) groups is 1. The van der Waals surface area contributed by atoms with Crippen LogP contribution >= 0.6 is 15.9 Å². The molecule has 0 aliphatic heterocycles. The summed E-state index contributed by atoms with van der Waals surface area (Å²) in [6, 6.07) is 3.44. The summed E-state index contributed by atoms with van der Waals surface area (Å²) in [6.45, 7) is 5.09. The van der Waals surface area contributed by atoms with Gasteiger partial charge < -0.3 is 11.1 Å². The topological polar surface area (TPSA) is 101 Å². The van der Waals surface area contributed by atoms with Crippen LogP contribution in [0.2, 0.25) is 0 Å². The fourth-order valence-corrected chi connectivity index (χ4v) is 3.79. The Labute approximate surface area is 127 Å². The number of benzene rings is 1. The molecule has 6 nitrogen and oxygen atoms in total. The molecule has 0 bridgehead atoms. The van der Waals surface area contributed by atoms with Crippen LogP contribution in [0.5, 0.6) is 0 Å². The van der Waals surface area contributed by atoms with Crippen LogP contribution < -0.4 is 15.8 Å². The van der Waals surface area contributed by atoms with Crippen LogP contribution in [-0.4, -0.2) is 26.4 Å². The largest absolute Gasteiger partial charge is 0.399 e. The van der Waals surface area contributed by atoms with E-state index in [0.29, 0.717) is 10.2 Å². The summed E-state index contributed by atoms with van der Waals surface area (Å²) in [5, 5.41) is 2.64. The highest BCUT2D eigenvalue weighted by Gasteiger charge is 2.24. The van der Waals surface area contributed by atoms with Crippen molar-refractivity contribution < 1.29 is 13.2 Å². The molecule has 8 heteroatoms. The summed E-state index contributed by atoms with van der Waals surface area (Å²) in [6.07, 6.45) is 0. The average molecular weight is 364 g/mol. The Balaban J connectivity index is 2.92. The smallest absolute Gasteiger partial charge is 0.242 e. The maximum atomic E-state index is 12.2. The van der Waals surface area contributed by atoms with E-state index in [1.54, 1.807) is 13.8 Å². The van der Waals surface area contributed by atoms with Gasteiger partial charge in [-0.15, -0.1) is 0 Å². The van der Waals surface area contributed by atoms with Gasteiger partial charge in [0.05, 0.1) is 10.9 Å². The highest BCUT2D eigenvalue weighted by molar-refractivity contribution is 9.10. The Morgan fingerprint density at radius 2 is 1.90 bits per heavy atom. The van der Waals surface area contributed by atoms with Crippen LogP contribution in [0.15, 0.2) is 27.6 Å². The molecule has 1 amide bonds. The molecular formula is C12H18BrN3O3S. The third-order valence-corrected chi connectivity index (χ3v) is 4.92. The number of amides is 1. The summed E-state index contributed by atoms with van der Waals surface area (Å²) >= 11 is 3.15. The molecule has 1 rings (SSSR count). The van der Waals surface area contributed by atoms with Gasteiger partial charge in [-0.3, -0.25) is 4.79 Å². The number of nitrogens with two attached hydrogens (primary N) is 1. The molecule has 1 unspecified atom stereocenters. The van der Waals surface area contributed by atoms with Crippen molar-refractivity contribution in [1.82, 2.24) is 10.0 Å². The van der Waals surface area contributed by atoms with Gasteiger partial charge in [-0.2, -0.15) is 4.72 Å². The third kappa shape index (κ3) is 4.46. The van der Waals surface area contributed by atoms with E-state index in [0.717, 1.165) is 0 Å². The second-order valence-corrected chi connectivity index (χ2v) is 7.23. The van der Waals surface area contributed by atoms with Gasteiger partial charge in [0.2, 0.25) is 15.9 Å². The summed E-state index contributed by atoms with van der Waals surface area (Å²) in [7, 11) is -3.80. The Hall–Kier alpha value is -1.12. The number of hydrogen-bond acceptors (Lipinski definition) is 4. The van der Waals surface area contributed by atoms with Crippen molar-refractivity contribution in [3.8, 4) is 0 Å². The van der Waals surface area contributed by atoms with Crippen LogP contribution in [0.4, 0.5) is 5.69 Å². The van der Waals surface area contributed by atoms with Crippen molar-refractivity contribution in [2.45, 2.75) is 37.8 Å². The lowest BCUT2D eigenvalue weighted by Crippen LogP contribution is -2.46. The van der Waals surface area contributed by atoms with E-state index in [2.05, 4.69) is 26.0 Å². The summed E-state index contributed by atoms with van der Waals surface area (Å²) < 4.78 is 27.1. The first-order chi connectivity index (χ1) is 9.13. The molecule has 0 spiro atoms. The lowest BCUT2D eigenvalue weighted by molar-refractivity contribution is -0.122. The minimum atomic E-state index is -3.80. The highest BCUT2D eigenvalue weighted by atomic mass is 79.9. The summed E-state index contributed by atoms with van der Waals surface area (Å²) in [4.78, 5) is 11.8. The van der Waals surface area contributed by atoms with Crippen molar-refractivity contribution in [3.63, 3.8) is 0 Å². The number of rotatable bonds is 5. The van der Waals surface area contributed by atoms with Gasteiger partial charge in [-0.25, -0.2) is 8.42 Å². The van der Waals surface area contributed by atoms with Gasteiger partial charge in [0.1, 0.15) is 0 Å². The van der Waals surface area contributed by atoms with Gasteiger partial charge in [0.15, 0.2) is 0 Å². The molecule has 1 aromatic rings. The zero-order valence-corrected chi connectivity index (χ0v) is 13.9. The van der Waals surface area contributed by atoms with E-state index in [1.807, 2.05) is 0 Å². The quantitative estimate of drug-likeness (QED) is 0.684.